The number of aromatic nitrogens is 2. The van der Waals surface area contributed by atoms with Crippen molar-refractivity contribution in [2.45, 2.75) is 46.2 Å². The van der Waals surface area contributed by atoms with Crippen LogP contribution in [-0.4, -0.2) is 28.0 Å². The molecular weight excluding hydrogens is 398 g/mol. The van der Waals surface area contributed by atoms with Crippen LogP contribution >= 0.6 is 0 Å². The predicted octanol–water partition coefficient (Wildman–Crippen LogP) is 3.05. The number of carbonyl (C=O) groups is 2. The average Bonchev–Trinajstić information content (AvgIpc) is 3.51. The van der Waals surface area contributed by atoms with E-state index in [2.05, 4.69) is 10.3 Å². The summed E-state index contributed by atoms with van der Waals surface area (Å²) in [6.45, 7) is 5.24. The van der Waals surface area contributed by atoms with Crippen LogP contribution in [0, 0.1) is 19.8 Å². The Morgan fingerprint density at radius 2 is 1.97 bits per heavy atom. The lowest BCUT2D eigenvalue weighted by Crippen LogP contribution is -2.35. The van der Waals surface area contributed by atoms with Crippen molar-refractivity contribution in [2.75, 3.05) is 6.61 Å². The van der Waals surface area contributed by atoms with Crippen LogP contribution in [0.2, 0.25) is 0 Å². The van der Waals surface area contributed by atoms with E-state index in [1.54, 1.807) is 13.8 Å². The second-order valence-electron chi connectivity index (χ2n) is 7.90. The van der Waals surface area contributed by atoms with E-state index in [0.29, 0.717) is 5.92 Å². The second-order valence-corrected chi connectivity index (χ2v) is 7.90. The lowest BCUT2D eigenvalue weighted by molar-refractivity contribution is -0.122. The van der Waals surface area contributed by atoms with Gasteiger partial charge in [0.25, 0.3) is 5.56 Å². The molecule has 8 nitrogen and oxygen atoms in total. The molecule has 1 N–H and O–H groups in total. The maximum Gasteiger partial charge on any atom is 0.342 e. The van der Waals surface area contributed by atoms with Gasteiger partial charge in [0, 0.05) is 0 Å². The molecule has 4 rings (SSSR count). The van der Waals surface area contributed by atoms with Crippen molar-refractivity contribution in [1.29, 1.82) is 0 Å². The predicted molar refractivity (Wildman–Crippen MR) is 114 cm³/mol. The molecule has 3 aromatic rings. The fourth-order valence-corrected chi connectivity index (χ4v) is 3.75. The van der Waals surface area contributed by atoms with E-state index >= 15 is 0 Å². The monoisotopic (exact) mass is 423 g/mol. The van der Waals surface area contributed by atoms with Gasteiger partial charge in [0.1, 0.15) is 29.6 Å². The third kappa shape index (κ3) is 4.23. The lowest BCUT2D eigenvalue weighted by atomic mass is 10.0. The van der Waals surface area contributed by atoms with Gasteiger partial charge in [-0.15, -0.1) is 0 Å². The minimum atomic E-state index is -0.645. The molecular formula is C23H25N3O5. The first kappa shape index (κ1) is 20.8. The Morgan fingerprint density at radius 1 is 1.26 bits per heavy atom. The van der Waals surface area contributed by atoms with Gasteiger partial charge in [-0.3, -0.25) is 14.2 Å². The van der Waals surface area contributed by atoms with Crippen molar-refractivity contribution in [3.8, 4) is 0 Å². The van der Waals surface area contributed by atoms with Gasteiger partial charge in [0.05, 0.1) is 12.6 Å². The number of carbonyl (C=O) groups excluding carboxylic acids is 2. The fraction of sp³-hybridized carbons (Fsp3) is 0.391. The van der Waals surface area contributed by atoms with Crippen molar-refractivity contribution >= 4 is 23.0 Å². The van der Waals surface area contributed by atoms with Crippen LogP contribution in [-0.2, 0) is 16.1 Å². The highest BCUT2D eigenvalue weighted by Gasteiger charge is 2.33. The number of hydrogen-bond acceptors (Lipinski definition) is 6. The van der Waals surface area contributed by atoms with Crippen LogP contribution in [0.25, 0.3) is 11.1 Å². The van der Waals surface area contributed by atoms with Crippen molar-refractivity contribution in [3.05, 3.63) is 63.4 Å². The number of nitrogens with one attached hydrogen (secondary N) is 1. The van der Waals surface area contributed by atoms with Gasteiger partial charge in [-0.2, -0.15) is 0 Å². The molecule has 0 aliphatic heterocycles. The number of fused-ring (bicyclic) bond motifs is 1. The Labute approximate surface area is 179 Å². The van der Waals surface area contributed by atoms with Crippen molar-refractivity contribution in [1.82, 2.24) is 14.9 Å². The van der Waals surface area contributed by atoms with E-state index in [4.69, 9.17) is 9.15 Å². The number of hydrogen-bond donors (Lipinski definition) is 1. The Bertz CT molecular complexity index is 1190. The number of rotatable bonds is 7. The maximum absolute atomic E-state index is 13.0. The number of furan rings is 1. The molecule has 1 saturated carbocycles. The maximum atomic E-state index is 13.0. The minimum absolute atomic E-state index is 0.0310. The first-order valence-electron chi connectivity index (χ1n) is 10.4. The third-order valence-electron chi connectivity index (χ3n) is 5.49. The molecule has 1 aromatic carbocycles. The summed E-state index contributed by atoms with van der Waals surface area (Å²) in [5, 5.41) is 3.09. The number of amides is 1. The van der Waals surface area contributed by atoms with Crippen LogP contribution < -0.4 is 10.9 Å². The average molecular weight is 423 g/mol. The number of nitrogens with zero attached hydrogens (tertiary/aromatic N) is 2. The van der Waals surface area contributed by atoms with Gasteiger partial charge in [-0.05, 0) is 45.1 Å². The van der Waals surface area contributed by atoms with E-state index in [0.717, 1.165) is 24.0 Å². The SMILES string of the molecule is CCOC(=O)c1c(C)oc2ncn(CC(=O)NC(c3ccc(C)cc3)C3CC3)c(=O)c12. The van der Waals surface area contributed by atoms with Gasteiger partial charge >= 0.3 is 5.97 Å². The summed E-state index contributed by atoms with van der Waals surface area (Å²) in [5.74, 6) is -0.281. The summed E-state index contributed by atoms with van der Waals surface area (Å²) in [6.07, 6.45) is 3.38. The number of benzene rings is 1. The Hall–Kier alpha value is -3.42. The zero-order chi connectivity index (χ0) is 22.1. The minimum Gasteiger partial charge on any atom is -0.462 e. The van der Waals surface area contributed by atoms with Gasteiger partial charge in [0.15, 0.2) is 0 Å². The summed E-state index contributed by atoms with van der Waals surface area (Å²) in [6, 6.07) is 8.01. The molecule has 1 aliphatic rings. The van der Waals surface area contributed by atoms with Gasteiger partial charge in [-0.25, -0.2) is 9.78 Å². The molecule has 0 saturated heterocycles. The van der Waals surface area contributed by atoms with Crippen molar-refractivity contribution < 1.29 is 18.7 Å². The molecule has 0 radical (unpaired) electrons. The molecule has 31 heavy (non-hydrogen) atoms. The molecule has 8 heteroatoms. The molecule has 1 unspecified atom stereocenters. The summed E-state index contributed by atoms with van der Waals surface area (Å²) in [4.78, 5) is 42.2. The van der Waals surface area contributed by atoms with Crippen LogP contribution in [0.4, 0.5) is 0 Å². The summed E-state index contributed by atoms with van der Waals surface area (Å²) >= 11 is 0. The summed E-state index contributed by atoms with van der Waals surface area (Å²) in [7, 11) is 0. The molecule has 0 spiro atoms. The molecule has 1 amide bonds. The van der Waals surface area contributed by atoms with Gasteiger partial charge in [-0.1, -0.05) is 29.8 Å². The fourth-order valence-electron chi connectivity index (χ4n) is 3.75. The number of ether oxygens (including phenoxy) is 1. The van der Waals surface area contributed by atoms with Crippen LogP contribution in [0.5, 0.6) is 0 Å². The molecule has 2 aromatic heterocycles. The largest absolute Gasteiger partial charge is 0.462 e. The molecule has 1 atom stereocenters. The van der Waals surface area contributed by atoms with E-state index in [-0.39, 0.29) is 47.5 Å². The summed E-state index contributed by atoms with van der Waals surface area (Å²) < 4.78 is 11.7. The second kappa shape index (κ2) is 8.37. The van der Waals surface area contributed by atoms with Crippen LogP contribution in [0.3, 0.4) is 0 Å². The van der Waals surface area contributed by atoms with E-state index in [1.807, 2.05) is 31.2 Å². The smallest absolute Gasteiger partial charge is 0.342 e. The standard InChI is InChI=1S/C23H25N3O5/c1-4-30-23(29)18-14(3)31-21-19(18)22(28)26(12-24-21)11-17(27)25-20(16-9-10-16)15-7-5-13(2)6-8-15/h5-8,12,16,20H,4,9-11H2,1-3H3,(H,25,27). The molecule has 162 valence electrons. The molecule has 0 bridgehead atoms. The van der Waals surface area contributed by atoms with E-state index < -0.39 is 11.5 Å². The highest BCUT2D eigenvalue weighted by molar-refractivity contribution is 6.03. The van der Waals surface area contributed by atoms with E-state index in [1.165, 1.54) is 10.9 Å². The molecule has 2 heterocycles. The number of aryl methyl sites for hydroxylation is 2. The molecule has 1 fully saturated rings. The Balaban J connectivity index is 1.59. The highest BCUT2D eigenvalue weighted by atomic mass is 16.5. The Kier molecular flexibility index (Phi) is 5.63. The first-order chi connectivity index (χ1) is 14.9. The van der Waals surface area contributed by atoms with Gasteiger partial charge in [0.2, 0.25) is 11.6 Å². The zero-order valence-electron chi connectivity index (χ0n) is 17.8. The van der Waals surface area contributed by atoms with Gasteiger partial charge < -0.3 is 14.5 Å². The first-order valence-corrected chi connectivity index (χ1v) is 10.4. The quantitative estimate of drug-likeness (QED) is 0.586. The summed E-state index contributed by atoms with van der Waals surface area (Å²) in [5.41, 5.74) is 1.80. The lowest BCUT2D eigenvalue weighted by Gasteiger charge is -2.19. The normalized spacial score (nSPS) is 14.4. The topological polar surface area (TPSA) is 103 Å². The van der Waals surface area contributed by atoms with E-state index in [9.17, 15) is 14.4 Å². The third-order valence-corrected chi connectivity index (χ3v) is 5.49. The molecule has 1 aliphatic carbocycles. The van der Waals surface area contributed by atoms with Crippen LogP contribution in [0.15, 0.2) is 39.8 Å². The number of esters is 1. The van der Waals surface area contributed by atoms with Crippen LogP contribution in [0.1, 0.15) is 53.1 Å². The van der Waals surface area contributed by atoms with Crippen molar-refractivity contribution in [2.24, 2.45) is 5.92 Å². The zero-order valence-corrected chi connectivity index (χ0v) is 17.8. The Morgan fingerprint density at radius 3 is 2.61 bits per heavy atom. The van der Waals surface area contributed by atoms with Crippen molar-refractivity contribution in [3.63, 3.8) is 0 Å². The highest BCUT2D eigenvalue weighted by Crippen LogP contribution is 2.41.